The first-order chi connectivity index (χ1) is 14.1. The summed E-state index contributed by atoms with van der Waals surface area (Å²) < 4.78 is 16.5. The third kappa shape index (κ3) is 12.1. The largest absolute Gasteiger partial charge is 0.394 e. The highest BCUT2D eigenvalue weighted by molar-refractivity contribution is 5.77. The van der Waals surface area contributed by atoms with Crippen molar-refractivity contribution >= 4 is 5.91 Å². The molecule has 0 saturated heterocycles. The Labute approximate surface area is 179 Å². The molecule has 0 aromatic carbocycles. The number of rotatable bonds is 17. The van der Waals surface area contributed by atoms with Crippen LogP contribution in [0.2, 0.25) is 0 Å². The molecular weight excluding hydrogens is 396 g/mol. The SMILES string of the molecule is CC(C)C(COCCN)OCCNC(=O)COCC(OO)C([C@H](O)CO)C(C)(C)C. The van der Waals surface area contributed by atoms with Gasteiger partial charge in [-0.15, -0.1) is 0 Å². The molecule has 4 atom stereocenters. The van der Waals surface area contributed by atoms with Gasteiger partial charge in [0.25, 0.3) is 0 Å². The van der Waals surface area contributed by atoms with Crippen molar-refractivity contribution in [2.45, 2.75) is 52.9 Å². The highest BCUT2D eigenvalue weighted by atomic mass is 17.1. The van der Waals surface area contributed by atoms with E-state index in [-0.39, 0.29) is 31.1 Å². The van der Waals surface area contributed by atoms with E-state index in [1.807, 2.05) is 34.6 Å². The maximum atomic E-state index is 11.9. The van der Waals surface area contributed by atoms with Crippen LogP contribution in [0.1, 0.15) is 34.6 Å². The van der Waals surface area contributed by atoms with Crippen LogP contribution in [0.25, 0.3) is 0 Å². The van der Waals surface area contributed by atoms with Crippen LogP contribution in [0.4, 0.5) is 0 Å². The zero-order valence-corrected chi connectivity index (χ0v) is 19.0. The normalized spacial score (nSPS) is 16.3. The maximum Gasteiger partial charge on any atom is 0.246 e. The van der Waals surface area contributed by atoms with Crippen LogP contribution >= 0.6 is 0 Å². The highest BCUT2D eigenvalue weighted by Gasteiger charge is 2.38. The molecular formula is C20H42N2O8. The topological polar surface area (TPSA) is 153 Å². The van der Waals surface area contributed by atoms with Crippen molar-refractivity contribution in [2.75, 3.05) is 52.7 Å². The Balaban J connectivity index is 4.28. The van der Waals surface area contributed by atoms with E-state index in [1.54, 1.807) is 0 Å². The molecule has 30 heavy (non-hydrogen) atoms. The fraction of sp³-hybridized carbons (Fsp3) is 0.950. The van der Waals surface area contributed by atoms with Crippen LogP contribution in [0.15, 0.2) is 0 Å². The fourth-order valence-electron chi connectivity index (χ4n) is 3.13. The summed E-state index contributed by atoms with van der Waals surface area (Å²) in [4.78, 5) is 16.4. The molecule has 180 valence electrons. The summed E-state index contributed by atoms with van der Waals surface area (Å²) in [7, 11) is 0. The first-order valence-corrected chi connectivity index (χ1v) is 10.4. The van der Waals surface area contributed by atoms with Crippen molar-refractivity contribution < 1.29 is 39.4 Å². The molecule has 0 fully saturated rings. The zero-order chi connectivity index (χ0) is 23.2. The van der Waals surface area contributed by atoms with Gasteiger partial charge in [0.15, 0.2) is 0 Å². The number of carbonyl (C=O) groups is 1. The molecule has 10 heteroatoms. The Morgan fingerprint density at radius 1 is 1.10 bits per heavy atom. The minimum atomic E-state index is -1.10. The van der Waals surface area contributed by atoms with E-state index in [0.717, 1.165) is 0 Å². The number of aliphatic hydroxyl groups is 2. The Hall–Kier alpha value is -0.850. The van der Waals surface area contributed by atoms with Gasteiger partial charge in [0.1, 0.15) is 12.7 Å². The number of hydrogen-bond donors (Lipinski definition) is 5. The molecule has 1 amide bonds. The quantitative estimate of drug-likeness (QED) is 0.120. The van der Waals surface area contributed by atoms with Gasteiger partial charge in [0.2, 0.25) is 5.91 Å². The van der Waals surface area contributed by atoms with Crippen LogP contribution in [0.5, 0.6) is 0 Å². The molecule has 0 aliphatic carbocycles. The van der Waals surface area contributed by atoms with Gasteiger partial charge in [-0.05, 0) is 11.3 Å². The van der Waals surface area contributed by atoms with Gasteiger partial charge in [0.05, 0.1) is 45.2 Å². The molecule has 3 unspecified atom stereocenters. The van der Waals surface area contributed by atoms with Crippen molar-refractivity contribution in [1.82, 2.24) is 5.32 Å². The van der Waals surface area contributed by atoms with Crippen LogP contribution < -0.4 is 11.1 Å². The second-order valence-electron chi connectivity index (χ2n) is 8.67. The summed E-state index contributed by atoms with van der Waals surface area (Å²) in [6, 6.07) is 0. The number of ether oxygens (including phenoxy) is 3. The van der Waals surface area contributed by atoms with Gasteiger partial charge in [0, 0.05) is 19.0 Å². The van der Waals surface area contributed by atoms with Crippen LogP contribution in [0, 0.1) is 17.3 Å². The van der Waals surface area contributed by atoms with Gasteiger partial charge in [-0.2, -0.15) is 0 Å². The minimum Gasteiger partial charge on any atom is -0.394 e. The average Bonchev–Trinajstić information content (AvgIpc) is 2.67. The first kappa shape index (κ1) is 29.1. The molecule has 0 spiro atoms. The van der Waals surface area contributed by atoms with Crippen molar-refractivity contribution in [3.63, 3.8) is 0 Å². The number of carbonyl (C=O) groups excluding carboxylic acids is 1. The molecule has 6 N–H and O–H groups in total. The van der Waals surface area contributed by atoms with Gasteiger partial charge >= 0.3 is 0 Å². The van der Waals surface area contributed by atoms with E-state index in [4.69, 9.17) is 19.9 Å². The summed E-state index contributed by atoms with van der Waals surface area (Å²) in [5.41, 5.74) is 4.93. The lowest BCUT2D eigenvalue weighted by Gasteiger charge is -2.37. The van der Waals surface area contributed by atoms with E-state index in [9.17, 15) is 20.3 Å². The second-order valence-corrected chi connectivity index (χ2v) is 8.67. The Kier molecular flexibility index (Phi) is 15.4. The van der Waals surface area contributed by atoms with Gasteiger partial charge in [-0.3, -0.25) is 10.1 Å². The second kappa shape index (κ2) is 15.9. The molecule has 10 nitrogen and oxygen atoms in total. The number of amides is 1. The van der Waals surface area contributed by atoms with Crippen LogP contribution in [-0.4, -0.2) is 92.4 Å². The monoisotopic (exact) mass is 438 g/mol. The highest BCUT2D eigenvalue weighted by Crippen LogP contribution is 2.33. The fourth-order valence-corrected chi connectivity index (χ4v) is 3.13. The van der Waals surface area contributed by atoms with Crippen molar-refractivity contribution in [3.8, 4) is 0 Å². The van der Waals surface area contributed by atoms with Crippen molar-refractivity contribution in [1.29, 1.82) is 0 Å². The molecule has 0 aromatic rings. The summed E-state index contributed by atoms with van der Waals surface area (Å²) in [5.74, 6) is -0.675. The van der Waals surface area contributed by atoms with E-state index in [2.05, 4.69) is 10.2 Å². The Morgan fingerprint density at radius 2 is 1.73 bits per heavy atom. The number of hydrogen-bond acceptors (Lipinski definition) is 9. The first-order valence-electron chi connectivity index (χ1n) is 10.4. The lowest BCUT2D eigenvalue weighted by molar-refractivity contribution is -0.312. The van der Waals surface area contributed by atoms with Crippen LogP contribution in [0.3, 0.4) is 0 Å². The summed E-state index contributed by atoms with van der Waals surface area (Å²) >= 11 is 0. The number of nitrogens with one attached hydrogen (secondary N) is 1. The third-order valence-corrected chi connectivity index (χ3v) is 4.70. The number of aliphatic hydroxyl groups excluding tert-OH is 2. The van der Waals surface area contributed by atoms with Crippen LogP contribution in [-0.2, 0) is 23.9 Å². The maximum absolute atomic E-state index is 11.9. The predicted molar refractivity (Wildman–Crippen MR) is 112 cm³/mol. The Morgan fingerprint density at radius 3 is 2.23 bits per heavy atom. The molecule has 0 heterocycles. The molecule has 0 saturated carbocycles. The van der Waals surface area contributed by atoms with E-state index >= 15 is 0 Å². The van der Waals surface area contributed by atoms with E-state index in [1.165, 1.54) is 0 Å². The molecule has 0 rings (SSSR count). The zero-order valence-electron chi connectivity index (χ0n) is 19.0. The smallest absolute Gasteiger partial charge is 0.246 e. The van der Waals surface area contributed by atoms with E-state index < -0.39 is 30.1 Å². The number of nitrogens with two attached hydrogens (primary N) is 1. The summed E-state index contributed by atoms with van der Waals surface area (Å²) in [5, 5.41) is 31.2. The average molecular weight is 439 g/mol. The molecule has 0 aliphatic rings. The van der Waals surface area contributed by atoms with Gasteiger partial charge in [-0.1, -0.05) is 34.6 Å². The summed E-state index contributed by atoms with van der Waals surface area (Å²) in [6.07, 6.45) is -2.08. The summed E-state index contributed by atoms with van der Waals surface area (Å²) in [6.45, 7) is 10.8. The standard InChI is InChI=1S/C20H42N2O8/c1-14(2)16(11-27-8-6-21)29-9-7-22-18(25)13-28-12-17(30-26)19(15(24)10-23)20(3,4)5/h14-17,19,23-24,26H,6-13,21H2,1-5H3,(H,22,25)/t15-,16?,17?,19?/m1/s1. The molecule has 0 bridgehead atoms. The van der Waals surface area contributed by atoms with Crippen molar-refractivity contribution in [3.05, 3.63) is 0 Å². The molecule has 0 aromatic heterocycles. The molecule has 0 aliphatic heterocycles. The van der Waals surface area contributed by atoms with Gasteiger partial charge in [-0.25, -0.2) is 4.89 Å². The lowest BCUT2D eigenvalue weighted by Crippen LogP contribution is -2.46. The molecule has 0 radical (unpaired) electrons. The van der Waals surface area contributed by atoms with Crippen molar-refractivity contribution in [2.24, 2.45) is 23.0 Å². The Bertz CT molecular complexity index is 445. The minimum absolute atomic E-state index is 0.0838. The van der Waals surface area contributed by atoms with E-state index in [0.29, 0.717) is 32.9 Å². The third-order valence-electron chi connectivity index (χ3n) is 4.70. The lowest BCUT2D eigenvalue weighted by atomic mass is 9.74. The predicted octanol–water partition coefficient (Wildman–Crippen LogP) is 0.00940. The van der Waals surface area contributed by atoms with Gasteiger partial charge < -0.3 is 35.5 Å².